The van der Waals surface area contributed by atoms with Gasteiger partial charge in [-0.15, -0.1) is 0 Å². The molecule has 0 aromatic heterocycles. The minimum absolute atomic E-state index is 0.0136. The second kappa shape index (κ2) is 5.73. The standard InChI is InChI=1S/C15H15FNO2S/c1-2-4-12-5-3-6-14(15(12)16)11-7-9-13(10-8-11)20(17,18)19/h2-3,5-10H,4H2,1H3,(H2,17,18,19). The van der Waals surface area contributed by atoms with E-state index in [0.29, 0.717) is 23.1 Å². The lowest BCUT2D eigenvalue weighted by Gasteiger charge is -2.08. The Hall–Kier alpha value is -1.72. The molecule has 0 unspecified atom stereocenters. The summed E-state index contributed by atoms with van der Waals surface area (Å²) in [5.41, 5.74) is 1.68. The van der Waals surface area contributed by atoms with Gasteiger partial charge in [-0.3, -0.25) is 0 Å². The molecule has 0 aliphatic heterocycles. The van der Waals surface area contributed by atoms with E-state index in [1.54, 1.807) is 30.3 Å². The zero-order chi connectivity index (χ0) is 14.8. The van der Waals surface area contributed by atoms with Crippen molar-refractivity contribution in [3.8, 4) is 11.1 Å². The third kappa shape index (κ3) is 3.05. The quantitative estimate of drug-likeness (QED) is 0.942. The minimum atomic E-state index is -3.73. The maximum atomic E-state index is 14.3. The Morgan fingerprint density at radius 3 is 2.35 bits per heavy atom. The normalized spacial score (nSPS) is 11.6. The number of primary sulfonamides is 1. The van der Waals surface area contributed by atoms with E-state index in [-0.39, 0.29) is 10.7 Å². The van der Waals surface area contributed by atoms with Gasteiger partial charge in [0, 0.05) is 5.56 Å². The van der Waals surface area contributed by atoms with Crippen LogP contribution in [0.5, 0.6) is 0 Å². The summed E-state index contributed by atoms with van der Waals surface area (Å²) in [4.78, 5) is 0.0136. The average Bonchev–Trinajstić information content (AvgIpc) is 2.41. The predicted molar refractivity (Wildman–Crippen MR) is 76.9 cm³/mol. The van der Waals surface area contributed by atoms with Crippen molar-refractivity contribution >= 4 is 10.0 Å². The number of hydrogen-bond donors (Lipinski definition) is 1. The molecule has 0 aliphatic carbocycles. The molecule has 0 spiro atoms. The largest absolute Gasteiger partial charge is 0.238 e. The molecule has 0 amide bonds. The van der Waals surface area contributed by atoms with Gasteiger partial charge in [-0.2, -0.15) is 0 Å². The van der Waals surface area contributed by atoms with Crippen LogP contribution in [-0.4, -0.2) is 8.42 Å². The molecule has 2 N–H and O–H groups in total. The van der Waals surface area contributed by atoms with Gasteiger partial charge >= 0.3 is 0 Å². The fraction of sp³-hybridized carbons (Fsp3) is 0.133. The molecule has 20 heavy (non-hydrogen) atoms. The highest BCUT2D eigenvalue weighted by Crippen LogP contribution is 2.26. The molecule has 2 aromatic carbocycles. The van der Waals surface area contributed by atoms with Crippen molar-refractivity contribution in [2.24, 2.45) is 5.14 Å². The zero-order valence-corrected chi connectivity index (χ0v) is 11.8. The summed E-state index contributed by atoms with van der Waals surface area (Å²) in [6.07, 6.45) is 2.43. The molecule has 0 aliphatic rings. The molecule has 2 rings (SSSR count). The predicted octanol–water partition coefficient (Wildman–Crippen LogP) is 2.91. The van der Waals surface area contributed by atoms with Crippen molar-refractivity contribution in [2.75, 3.05) is 0 Å². The molecule has 5 heteroatoms. The summed E-state index contributed by atoms with van der Waals surface area (Å²) in [5, 5.41) is 5.03. The van der Waals surface area contributed by atoms with E-state index in [2.05, 4.69) is 0 Å². The van der Waals surface area contributed by atoms with Crippen molar-refractivity contribution < 1.29 is 12.8 Å². The summed E-state index contributed by atoms with van der Waals surface area (Å²) in [6, 6.07) is 11.0. The zero-order valence-electron chi connectivity index (χ0n) is 11.0. The molecule has 105 valence electrons. The molecule has 0 fully saturated rings. The third-order valence-corrected chi connectivity index (χ3v) is 3.93. The van der Waals surface area contributed by atoms with Crippen LogP contribution in [0.25, 0.3) is 11.1 Å². The Labute approximate surface area is 118 Å². The molecule has 2 aromatic rings. The molecule has 0 heterocycles. The fourth-order valence-electron chi connectivity index (χ4n) is 2.00. The van der Waals surface area contributed by atoms with Gasteiger partial charge in [-0.1, -0.05) is 37.3 Å². The first-order valence-electron chi connectivity index (χ1n) is 6.12. The molecule has 0 bridgehead atoms. The van der Waals surface area contributed by atoms with Gasteiger partial charge in [0.15, 0.2) is 0 Å². The molecule has 1 radical (unpaired) electrons. The van der Waals surface area contributed by atoms with Crippen LogP contribution < -0.4 is 5.14 Å². The Balaban J connectivity index is 2.44. The van der Waals surface area contributed by atoms with Gasteiger partial charge in [0.2, 0.25) is 10.0 Å². The van der Waals surface area contributed by atoms with Crippen LogP contribution in [-0.2, 0) is 16.4 Å². The van der Waals surface area contributed by atoms with Crippen molar-refractivity contribution in [1.82, 2.24) is 0 Å². The van der Waals surface area contributed by atoms with Crippen molar-refractivity contribution in [2.45, 2.75) is 18.2 Å². The molecule has 0 saturated carbocycles. The maximum Gasteiger partial charge on any atom is 0.238 e. The smallest absolute Gasteiger partial charge is 0.225 e. The van der Waals surface area contributed by atoms with E-state index in [1.807, 2.05) is 13.3 Å². The van der Waals surface area contributed by atoms with Crippen LogP contribution in [0.1, 0.15) is 12.5 Å². The van der Waals surface area contributed by atoms with E-state index >= 15 is 0 Å². The summed E-state index contributed by atoms with van der Waals surface area (Å²) in [7, 11) is -3.73. The van der Waals surface area contributed by atoms with Crippen LogP contribution >= 0.6 is 0 Å². The van der Waals surface area contributed by atoms with Crippen molar-refractivity contribution in [3.05, 3.63) is 60.3 Å². The molecule has 0 saturated heterocycles. The number of sulfonamides is 1. The number of hydrogen-bond acceptors (Lipinski definition) is 2. The van der Waals surface area contributed by atoms with Crippen molar-refractivity contribution in [1.29, 1.82) is 0 Å². The number of nitrogens with two attached hydrogens (primary N) is 1. The van der Waals surface area contributed by atoms with Gasteiger partial charge < -0.3 is 0 Å². The Morgan fingerprint density at radius 1 is 1.15 bits per heavy atom. The molecule has 0 atom stereocenters. The average molecular weight is 292 g/mol. The second-order valence-corrected chi connectivity index (χ2v) is 6.02. The van der Waals surface area contributed by atoms with Gasteiger partial charge in [0.25, 0.3) is 0 Å². The third-order valence-electron chi connectivity index (χ3n) is 3.00. The second-order valence-electron chi connectivity index (χ2n) is 4.46. The van der Waals surface area contributed by atoms with Gasteiger partial charge in [-0.05, 0) is 36.1 Å². The highest BCUT2D eigenvalue weighted by Gasteiger charge is 2.11. The first kappa shape index (κ1) is 14.7. The van der Waals surface area contributed by atoms with Crippen LogP contribution in [0.15, 0.2) is 47.4 Å². The lowest BCUT2D eigenvalue weighted by atomic mass is 10.00. The van der Waals surface area contributed by atoms with Gasteiger partial charge in [-0.25, -0.2) is 17.9 Å². The van der Waals surface area contributed by atoms with E-state index in [0.717, 1.165) is 0 Å². The van der Waals surface area contributed by atoms with E-state index in [4.69, 9.17) is 5.14 Å². The van der Waals surface area contributed by atoms with Crippen LogP contribution in [0.4, 0.5) is 4.39 Å². The van der Waals surface area contributed by atoms with Gasteiger partial charge in [0.05, 0.1) is 4.90 Å². The maximum absolute atomic E-state index is 14.3. The van der Waals surface area contributed by atoms with Crippen LogP contribution in [0.3, 0.4) is 0 Å². The van der Waals surface area contributed by atoms with Gasteiger partial charge in [0.1, 0.15) is 5.82 Å². The lowest BCUT2D eigenvalue weighted by Crippen LogP contribution is -2.11. The topological polar surface area (TPSA) is 60.2 Å². The highest BCUT2D eigenvalue weighted by atomic mass is 32.2. The summed E-state index contributed by atoms with van der Waals surface area (Å²) >= 11 is 0. The monoisotopic (exact) mass is 292 g/mol. The molecule has 3 nitrogen and oxygen atoms in total. The van der Waals surface area contributed by atoms with E-state index < -0.39 is 10.0 Å². The summed E-state index contributed by atoms with van der Waals surface area (Å²) < 4.78 is 36.7. The Morgan fingerprint density at radius 2 is 1.80 bits per heavy atom. The highest BCUT2D eigenvalue weighted by molar-refractivity contribution is 7.89. The first-order valence-corrected chi connectivity index (χ1v) is 7.66. The van der Waals surface area contributed by atoms with Crippen LogP contribution in [0.2, 0.25) is 0 Å². The Bertz CT molecular complexity index is 709. The molecular formula is C15H15FNO2S. The Kier molecular flexibility index (Phi) is 4.20. The number of benzene rings is 2. The molecular weight excluding hydrogens is 277 g/mol. The van der Waals surface area contributed by atoms with Crippen molar-refractivity contribution in [3.63, 3.8) is 0 Å². The van der Waals surface area contributed by atoms with E-state index in [1.165, 1.54) is 12.1 Å². The fourth-order valence-corrected chi connectivity index (χ4v) is 2.52. The minimum Gasteiger partial charge on any atom is -0.225 e. The number of halogens is 1. The number of rotatable bonds is 4. The lowest BCUT2D eigenvalue weighted by molar-refractivity contribution is 0.598. The SMILES string of the molecule is C[CH]Cc1cccc(-c2ccc(S(N)(=O)=O)cc2)c1F. The summed E-state index contributed by atoms with van der Waals surface area (Å²) in [6.45, 7) is 1.87. The first-order chi connectivity index (χ1) is 9.43. The summed E-state index contributed by atoms with van der Waals surface area (Å²) in [5.74, 6) is -0.283. The van der Waals surface area contributed by atoms with E-state index in [9.17, 15) is 12.8 Å². The van der Waals surface area contributed by atoms with Crippen LogP contribution in [0, 0.1) is 12.2 Å².